The Labute approximate surface area is 168 Å². The summed E-state index contributed by atoms with van der Waals surface area (Å²) in [7, 11) is 3.82. The lowest BCUT2D eigenvalue weighted by Gasteiger charge is -2.26. The molecule has 1 aromatic rings. The second kappa shape index (κ2) is 11.4. The van der Waals surface area contributed by atoms with Gasteiger partial charge in [-0.05, 0) is 53.4 Å². The Morgan fingerprint density at radius 2 is 1.68 bits per heavy atom. The van der Waals surface area contributed by atoms with Crippen LogP contribution in [-0.4, -0.2) is 73.5 Å². The van der Waals surface area contributed by atoms with Crippen LogP contribution in [0.3, 0.4) is 0 Å². The van der Waals surface area contributed by atoms with Crippen molar-refractivity contribution in [2.24, 2.45) is 0 Å². The van der Waals surface area contributed by atoms with Crippen molar-refractivity contribution < 1.29 is 19.1 Å². The predicted octanol–water partition coefficient (Wildman–Crippen LogP) is 1.93. The Kier molecular flexibility index (Phi) is 9.65. The summed E-state index contributed by atoms with van der Waals surface area (Å²) in [5.41, 5.74) is 0.000998. The molecule has 0 spiro atoms. The van der Waals surface area contributed by atoms with E-state index in [0.717, 1.165) is 0 Å². The Morgan fingerprint density at radius 3 is 2.25 bits per heavy atom. The molecule has 0 aliphatic carbocycles. The van der Waals surface area contributed by atoms with Crippen molar-refractivity contribution in [3.63, 3.8) is 0 Å². The molecule has 156 valence electrons. The molecule has 1 N–H and O–H groups in total. The van der Waals surface area contributed by atoms with E-state index in [1.54, 1.807) is 45.0 Å². The number of hydrogen-bond acceptors (Lipinski definition) is 5. The molecule has 0 aromatic heterocycles. The second-order valence-corrected chi connectivity index (χ2v) is 7.93. The quantitative estimate of drug-likeness (QED) is 0.487. The number of esters is 1. The average molecular weight is 392 g/mol. The molecule has 7 heteroatoms. The molecule has 0 radical (unpaired) electrons. The van der Waals surface area contributed by atoms with Crippen molar-refractivity contribution in [3.05, 3.63) is 35.9 Å². The van der Waals surface area contributed by atoms with Crippen LogP contribution in [-0.2, 0) is 14.3 Å². The van der Waals surface area contributed by atoms with Crippen LogP contribution in [0.1, 0.15) is 44.0 Å². The Balaban J connectivity index is 2.48. The van der Waals surface area contributed by atoms with E-state index < -0.39 is 11.6 Å². The van der Waals surface area contributed by atoms with Crippen LogP contribution in [0.2, 0.25) is 0 Å². The van der Waals surface area contributed by atoms with Gasteiger partial charge in [-0.2, -0.15) is 0 Å². The fourth-order valence-electron chi connectivity index (χ4n) is 2.43. The molecule has 0 fully saturated rings. The zero-order chi connectivity index (χ0) is 21.2. The van der Waals surface area contributed by atoms with E-state index in [9.17, 15) is 14.4 Å². The molecule has 2 amide bonds. The van der Waals surface area contributed by atoms with Crippen molar-refractivity contribution in [2.75, 3.05) is 40.3 Å². The van der Waals surface area contributed by atoms with Gasteiger partial charge in [0.25, 0.3) is 5.91 Å². The molecular formula is C21H33N3O4. The fourth-order valence-corrected chi connectivity index (χ4v) is 2.43. The first-order valence-electron chi connectivity index (χ1n) is 9.56. The highest BCUT2D eigenvalue weighted by Crippen LogP contribution is 2.08. The SMILES string of the molecule is CN(C)CCN(CC(=O)OC(C)(C)C)C(=O)CCCNC(=O)c1ccccc1. The van der Waals surface area contributed by atoms with Gasteiger partial charge in [-0.1, -0.05) is 18.2 Å². The number of rotatable bonds is 10. The smallest absolute Gasteiger partial charge is 0.326 e. The lowest BCUT2D eigenvalue weighted by atomic mass is 10.2. The average Bonchev–Trinajstić information content (AvgIpc) is 2.60. The molecule has 0 bridgehead atoms. The largest absolute Gasteiger partial charge is 0.459 e. The predicted molar refractivity (Wildman–Crippen MR) is 109 cm³/mol. The minimum atomic E-state index is -0.588. The maximum absolute atomic E-state index is 12.6. The number of ether oxygens (including phenoxy) is 1. The maximum Gasteiger partial charge on any atom is 0.326 e. The molecule has 0 heterocycles. The number of benzene rings is 1. The minimum absolute atomic E-state index is 0.0691. The van der Waals surface area contributed by atoms with Gasteiger partial charge in [-0.25, -0.2) is 0 Å². The Morgan fingerprint density at radius 1 is 1.04 bits per heavy atom. The van der Waals surface area contributed by atoms with Crippen LogP contribution in [0.4, 0.5) is 0 Å². The highest BCUT2D eigenvalue weighted by atomic mass is 16.6. The Hall–Kier alpha value is -2.41. The molecule has 0 unspecified atom stereocenters. The molecule has 0 aliphatic heterocycles. The minimum Gasteiger partial charge on any atom is -0.459 e. The monoisotopic (exact) mass is 391 g/mol. The van der Waals surface area contributed by atoms with Crippen LogP contribution in [0.5, 0.6) is 0 Å². The molecule has 0 atom stereocenters. The third-order valence-electron chi connectivity index (χ3n) is 3.80. The van der Waals surface area contributed by atoms with Crippen molar-refractivity contribution in [2.45, 2.75) is 39.2 Å². The zero-order valence-electron chi connectivity index (χ0n) is 17.7. The normalized spacial score (nSPS) is 11.2. The van der Waals surface area contributed by atoms with Crippen LogP contribution >= 0.6 is 0 Å². The molecule has 1 aromatic carbocycles. The van der Waals surface area contributed by atoms with E-state index in [1.807, 2.05) is 25.1 Å². The summed E-state index contributed by atoms with van der Waals surface area (Å²) >= 11 is 0. The molecule has 7 nitrogen and oxygen atoms in total. The molecule has 1 rings (SSSR count). The molecule has 0 saturated carbocycles. The van der Waals surface area contributed by atoms with Gasteiger partial charge in [0, 0.05) is 31.6 Å². The number of hydrogen-bond donors (Lipinski definition) is 1. The van der Waals surface area contributed by atoms with Gasteiger partial charge < -0.3 is 19.9 Å². The van der Waals surface area contributed by atoms with Crippen LogP contribution < -0.4 is 5.32 Å². The fraction of sp³-hybridized carbons (Fsp3) is 0.571. The van der Waals surface area contributed by atoms with Crippen molar-refractivity contribution in [1.82, 2.24) is 15.1 Å². The topological polar surface area (TPSA) is 79.0 Å². The highest BCUT2D eigenvalue weighted by Gasteiger charge is 2.22. The summed E-state index contributed by atoms with van der Waals surface area (Å²) in [6.45, 7) is 6.82. The van der Waals surface area contributed by atoms with Gasteiger partial charge in [0.2, 0.25) is 5.91 Å². The van der Waals surface area contributed by atoms with E-state index in [4.69, 9.17) is 4.74 Å². The first kappa shape index (κ1) is 23.6. The molecule has 28 heavy (non-hydrogen) atoms. The summed E-state index contributed by atoms with van der Waals surface area (Å²) in [6, 6.07) is 8.94. The summed E-state index contributed by atoms with van der Waals surface area (Å²) in [5.74, 6) is -0.704. The van der Waals surface area contributed by atoms with Gasteiger partial charge in [0.1, 0.15) is 12.1 Å². The van der Waals surface area contributed by atoms with Crippen LogP contribution in [0.25, 0.3) is 0 Å². The molecule has 0 aliphatic rings. The molecular weight excluding hydrogens is 358 g/mol. The standard InChI is InChI=1S/C21H33N3O4/c1-21(2,3)28-19(26)16-24(15-14-23(4)5)18(25)12-9-13-22-20(27)17-10-7-6-8-11-17/h6-8,10-11H,9,12-16H2,1-5H3,(H,22,27). The van der Waals surface area contributed by atoms with Crippen molar-refractivity contribution in [1.29, 1.82) is 0 Å². The van der Waals surface area contributed by atoms with E-state index in [0.29, 0.717) is 31.6 Å². The van der Waals surface area contributed by atoms with Crippen LogP contribution in [0, 0.1) is 0 Å². The van der Waals surface area contributed by atoms with Crippen molar-refractivity contribution >= 4 is 17.8 Å². The maximum atomic E-state index is 12.6. The number of carbonyl (C=O) groups excluding carboxylic acids is 3. The van der Waals surface area contributed by atoms with Crippen LogP contribution in [0.15, 0.2) is 30.3 Å². The summed E-state index contributed by atoms with van der Waals surface area (Å²) < 4.78 is 5.33. The van der Waals surface area contributed by atoms with E-state index in [1.165, 1.54) is 4.90 Å². The number of amides is 2. The van der Waals surface area contributed by atoms with Gasteiger partial charge in [-0.3, -0.25) is 14.4 Å². The molecule has 0 saturated heterocycles. The third kappa shape index (κ3) is 10.1. The van der Waals surface area contributed by atoms with Crippen molar-refractivity contribution in [3.8, 4) is 0 Å². The second-order valence-electron chi connectivity index (χ2n) is 7.93. The highest BCUT2D eigenvalue weighted by molar-refractivity contribution is 5.94. The zero-order valence-corrected chi connectivity index (χ0v) is 17.7. The van der Waals surface area contributed by atoms with E-state index in [-0.39, 0.29) is 24.8 Å². The van der Waals surface area contributed by atoms with E-state index >= 15 is 0 Å². The number of likely N-dealkylation sites (N-methyl/N-ethyl adjacent to an activating group) is 1. The van der Waals surface area contributed by atoms with Gasteiger partial charge in [0.05, 0.1) is 0 Å². The van der Waals surface area contributed by atoms with Gasteiger partial charge in [-0.15, -0.1) is 0 Å². The number of nitrogens with zero attached hydrogens (tertiary/aromatic N) is 2. The van der Waals surface area contributed by atoms with Gasteiger partial charge >= 0.3 is 5.97 Å². The summed E-state index contributed by atoms with van der Waals surface area (Å²) in [4.78, 5) is 40.1. The Bertz CT molecular complexity index is 639. The first-order valence-corrected chi connectivity index (χ1v) is 9.56. The number of nitrogens with one attached hydrogen (secondary N) is 1. The summed E-state index contributed by atoms with van der Waals surface area (Å²) in [5, 5.41) is 2.81. The summed E-state index contributed by atoms with van der Waals surface area (Å²) in [6.07, 6.45) is 0.759. The third-order valence-corrected chi connectivity index (χ3v) is 3.80. The number of carbonyl (C=O) groups is 3. The lowest BCUT2D eigenvalue weighted by Crippen LogP contribution is -2.42. The van der Waals surface area contributed by atoms with Gasteiger partial charge in [0.15, 0.2) is 0 Å². The lowest BCUT2D eigenvalue weighted by molar-refractivity contribution is -0.159. The first-order chi connectivity index (χ1) is 13.1. The van der Waals surface area contributed by atoms with E-state index in [2.05, 4.69) is 5.32 Å².